The van der Waals surface area contributed by atoms with E-state index in [1.807, 2.05) is 0 Å². The van der Waals surface area contributed by atoms with Crippen molar-refractivity contribution in [3.63, 3.8) is 0 Å². The molecule has 0 amide bonds. The number of hydrogen-bond donors (Lipinski definition) is 1. The van der Waals surface area contributed by atoms with Gasteiger partial charge in [0.2, 0.25) is 0 Å². The molecule has 1 aromatic rings. The fourth-order valence-corrected chi connectivity index (χ4v) is 2.71. The van der Waals surface area contributed by atoms with Gasteiger partial charge in [-0.15, -0.1) is 0 Å². The van der Waals surface area contributed by atoms with Crippen molar-refractivity contribution in [3.05, 3.63) is 35.4 Å². The summed E-state index contributed by atoms with van der Waals surface area (Å²) < 4.78 is 5.17. The van der Waals surface area contributed by atoms with Gasteiger partial charge in [-0.25, -0.2) is 0 Å². The summed E-state index contributed by atoms with van der Waals surface area (Å²) in [6.45, 7) is 2.98. The molecule has 1 fully saturated rings. The van der Waals surface area contributed by atoms with E-state index in [9.17, 15) is 0 Å². The zero-order valence-corrected chi connectivity index (χ0v) is 11.6. The van der Waals surface area contributed by atoms with Crippen LogP contribution in [0, 0.1) is 5.92 Å². The molecule has 2 unspecified atom stereocenters. The first-order valence-corrected chi connectivity index (χ1v) is 7.05. The maximum atomic E-state index is 6.30. The highest BCUT2D eigenvalue weighted by molar-refractivity contribution is 5.29. The first-order valence-electron chi connectivity index (χ1n) is 7.05. The van der Waals surface area contributed by atoms with Gasteiger partial charge in [0.15, 0.2) is 0 Å². The van der Waals surface area contributed by atoms with E-state index in [2.05, 4.69) is 31.2 Å². The molecule has 1 aliphatic carbocycles. The number of hydrogen-bond acceptors (Lipinski definition) is 2. The van der Waals surface area contributed by atoms with Gasteiger partial charge in [-0.2, -0.15) is 0 Å². The molecule has 0 bridgehead atoms. The summed E-state index contributed by atoms with van der Waals surface area (Å²) in [5.41, 5.74) is 9.06. The van der Waals surface area contributed by atoms with Crippen LogP contribution < -0.4 is 5.73 Å². The van der Waals surface area contributed by atoms with Crippen LogP contribution in [0.5, 0.6) is 0 Å². The highest BCUT2D eigenvalue weighted by Gasteiger charge is 2.20. The van der Waals surface area contributed by atoms with E-state index in [1.54, 1.807) is 7.11 Å². The van der Waals surface area contributed by atoms with E-state index < -0.39 is 0 Å². The molecule has 0 saturated heterocycles. The number of benzene rings is 1. The predicted octanol–water partition coefficient (Wildman–Crippen LogP) is 3.63. The largest absolute Gasteiger partial charge is 0.384 e. The molecule has 2 rings (SSSR count). The van der Waals surface area contributed by atoms with Crippen LogP contribution in [0.2, 0.25) is 0 Å². The van der Waals surface area contributed by atoms with E-state index in [0.29, 0.717) is 5.92 Å². The van der Waals surface area contributed by atoms with E-state index >= 15 is 0 Å². The van der Waals surface area contributed by atoms with E-state index in [4.69, 9.17) is 10.5 Å². The molecule has 1 saturated carbocycles. The summed E-state index contributed by atoms with van der Waals surface area (Å²) in [6, 6.07) is 9.01. The third-order valence-corrected chi connectivity index (χ3v) is 4.02. The van der Waals surface area contributed by atoms with Gasteiger partial charge in [0, 0.05) is 19.8 Å². The first kappa shape index (κ1) is 13.6. The molecule has 2 heteroatoms. The minimum atomic E-state index is 0.134. The van der Waals surface area contributed by atoms with Crippen LogP contribution in [0.15, 0.2) is 24.3 Å². The molecular weight excluding hydrogens is 222 g/mol. The second-order valence-corrected chi connectivity index (χ2v) is 5.70. The fraction of sp³-hybridized carbons (Fsp3) is 0.625. The molecule has 0 aromatic heterocycles. The Labute approximate surface area is 111 Å². The van der Waals surface area contributed by atoms with Gasteiger partial charge in [-0.1, -0.05) is 37.6 Å². The highest BCUT2D eigenvalue weighted by atomic mass is 16.5. The molecule has 2 atom stereocenters. The molecule has 2 N–H and O–H groups in total. The topological polar surface area (TPSA) is 35.2 Å². The number of ether oxygens (including phenoxy) is 1. The molecule has 0 radical (unpaired) electrons. The minimum Gasteiger partial charge on any atom is -0.384 e. The zero-order valence-electron chi connectivity index (χ0n) is 11.6. The lowest BCUT2D eigenvalue weighted by Gasteiger charge is -2.27. The van der Waals surface area contributed by atoms with Gasteiger partial charge in [0.1, 0.15) is 0 Å². The van der Waals surface area contributed by atoms with Gasteiger partial charge < -0.3 is 10.5 Å². The smallest absolute Gasteiger partial charge is 0.0488 e. The second kappa shape index (κ2) is 6.35. The SMILES string of the molecule is COCC(C)CC(N)c1cccc(C2CCC2)c1. The van der Waals surface area contributed by atoms with Crippen LogP contribution in [-0.2, 0) is 4.74 Å². The van der Waals surface area contributed by atoms with Crippen LogP contribution in [-0.4, -0.2) is 13.7 Å². The van der Waals surface area contributed by atoms with Crippen molar-refractivity contribution in [1.82, 2.24) is 0 Å². The van der Waals surface area contributed by atoms with Crippen LogP contribution in [0.4, 0.5) is 0 Å². The predicted molar refractivity (Wildman–Crippen MR) is 75.6 cm³/mol. The Kier molecular flexibility index (Phi) is 4.79. The molecule has 0 spiro atoms. The number of nitrogens with two attached hydrogens (primary N) is 1. The van der Waals surface area contributed by atoms with E-state index in [0.717, 1.165) is 18.9 Å². The van der Waals surface area contributed by atoms with Gasteiger partial charge in [0.05, 0.1) is 0 Å². The first-order chi connectivity index (χ1) is 8.70. The maximum absolute atomic E-state index is 6.30. The molecule has 1 aromatic carbocycles. The van der Waals surface area contributed by atoms with Crippen molar-refractivity contribution in [2.24, 2.45) is 11.7 Å². The third kappa shape index (κ3) is 3.33. The Morgan fingerprint density at radius 1 is 1.39 bits per heavy atom. The molecule has 18 heavy (non-hydrogen) atoms. The fourth-order valence-electron chi connectivity index (χ4n) is 2.71. The summed E-state index contributed by atoms with van der Waals surface area (Å²) in [5, 5.41) is 0. The quantitative estimate of drug-likeness (QED) is 0.833. The van der Waals surface area contributed by atoms with Crippen molar-refractivity contribution in [3.8, 4) is 0 Å². The monoisotopic (exact) mass is 247 g/mol. The van der Waals surface area contributed by atoms with Crippen molar-refractivity contribution < 1.29 is 4.74 Å². The third-order valence-electron chi connectivity index (χ3n) is 4.02. The van der Waals surface area contributed by atoms with Crippen LogP contribution in [0.25, 0.3) is 0 Å². The Hall–Kier alpha value is -0.860. The lowest BCUT2D eigenvalue weighted by atomic mass is 9.79. The van der Waals surface area contributed by atoms with Gasteiger partial charge >= 0.3 is 0 Å². The Bertz CT molecular complexity index is 373. The Balaban J connectivity index is 1.98. The van der Waals surface area contributed by atoms with Crippen molar-refractivity contribution in [2.45, 2.75) is 44.6 Å². The summed E-state index contributed by atoms with van der Waals surface area (Å²) in [5.74, 6) is 1.30. The average molecular weight is 247 g/mol. The van der Waals surface area contributed by atoms with Gasteiger partial charge in [0.25, 0.3) is 0 Å². The summed E-state index contributed by atoms with van der Waals surface area (Å²) >= 11 is 0. The van der Waals surface area contributed by atoms with Crippen LogP contribution >= 0.6 is 0 Å². The molecule has 0 heterocycles. The zero-order chi connectivity index (χ0) is 13.0. The summed E-state index contributed by atoms with van der Waals surface area (Å²) in [4.78, 5) is 0. The Morgan fingerprint density at radius 3 is 2.78 bits per heavy atom. The molecule has 2 nitrogen and oxygen atoms in total. The number of methoxy groups -OCH3 is 1. The molecular formula is C16H25NO. The lowest BCUT2D eigenvalue weighted by Crippen LogP contribution is -2.17. The summed E-state index contributed by atoms with van der Waals surface area (Å²) in [6.07, 6.45) is 5.06. The molecule has 100 valence electrons. The van der Waals surface area contributed by atoms with Crippen LogP contribution in [0.3, 0.4) is 0 Å². The van der Waals surface area contributed by atoms with Crippen molar-refractivity contribution >= 4 is 0 Å². The van der Waals surface area contributed by atoms with E-state index in [1.165, 1.54) is 30.4 Å². The van der Waals surface area contributed by atoms with Crippen molar-refractivity contribution in [1.29, 1.82) is 0 Å². The standard InChI is InChI=1S/C16H25NO/c1-12(11-18-2)9-16(17)15-8-4-7-14(10-15)13-5-3-6-13/h4,7-8,10,12-13,16H,3,5-6,9,11,17H2,1-2H3. The average Bonchev–Trinajstić information content (AvgIpc) is 2.27. The van der Waals surface area contributed by atoms with Crippen molar-refractivity contribution in [2.75, 3.05) is 13.7 Å². The highest BCUT2D eigenvalue weighted by Crippen LogP contribution is 2.37. The number of rotatable bonds is 6. The summed E-state index contributed by atoms with van der Waals surface area (Å²) in [7, 11) is 1.75. The van der Waals surface area contributed by atoms with Gasteiger partial charge in [-0.3, -0.25) is 0 Å². The van der Waals surface area contributed by atoms with E-state index in [-0.39, 0.29) is 6.04 Å². The Morgan fingerprint density at radius 2 is 2.17 bits per heavy atom. The van der Waals surface area contributed by atoms with Crippen LogP contribution in [0.1, 0.15) is 55.7 Å². The lowest BCUT2D eigenvalue weighted by molar-refractivity contribution is 0.152. The minimum absolute atomic E-state index is 0.134. The van der Waals surface area contributed by atoms with Gasteiger partial charge in [-0.05, 0) is 42.2 Å². The second-order valence-electron chi connectivity index (χ2n) is 5.70. The molecule has 1 aliphatic rings. The normalized spacial score (nSPS) is 19.3. The molecule has 0 aliphatic heterocycles. The maximum Gasteiger partial charge on any atom is 0.0488 e.